The topological polar surface area (TPSA) is 38.9 Å². The molecule has 0 aliphatic heterocycles. The van der Waals surface area contributed by atoms with E-state index in [1.165, 1.54) is 5.39 Å². The van der Waals surface area contributed by atoms with Crippen LogP contribution in [0.1, 0.15) is 12.0 Å². The normalized spacial score (nSPS) is 11.3. The van der Waals surface area contributed by atoms with E-state index in [-0.39, 0.29) is 0 Å². The molecule has 0 amide bonds. The summed E-state index contributed by atoms with van der Waals surface area (Å²) in [5.74, 6) is 0. The summed E-state index contributed by atoms with van der Waals surface area (Å²) in [5, 5.41) is 1.17. The van der Waals surface area contributed by atoms with Crippen molar-refractivity contribution in [3.8, 4) is 0 Å². The molecule has 76 valence electrons. The summed E-state index contributed by atoms with van der Waals surface area (Å²) < 4.78 is 0. The van der Waals surface area contributed by atoms with Crippen molar-refractivity contribution in [1.29, 1.82) is 0 Å². The fourth-order valence-corrected chi connectivity index (χ4v) is 1.57. The lowest BCUT2D eigenvalue weighted by Gasteiger charge is -2.00. The third-order valence-corrected chi connectivity index (χ3v) is 2.29. The highest BCUT2D eigenvalue weighted by atomic mass is 14.6. The van der Waals surface area contributed by atoms with Gasteiger partial charge >= 0.3 is 0 Å². The first-order valence-electron chi connectivity index (χ1n) is 5.12. The molecular formula is C13H14N2. The van der Waals surface area contributed by atoms with E-state index in [1.54, 1.807) is 0 Å². The minimum Gasteiger partial charge on any atom is -0.330 e. The molecule has 2 aromatic rings. The van der Waals surface area contributed by atoms with Gasteiger partial charge in [0.25, 0.3) is 0 Å². The Balaban J connectivity index is 2.42. The van der Waals surface area contributed by atoms with Crippen LogP contribution in [-0.2, 0) is 0 Å². The SMILES string of the molecule is NCC/C=C/c1cccc2cccnc12. The van der Waals surface area contributed by atoms with Crippen molar-refractivity contribution < 1.29 is 0 Å². The molecule has 1 aromatic heterocycles. The Labute approximate surface area is 89.4 Å². The van der Waals surface area contributed by atoms with Gasteiger partial charge in [0.15, 0.2) is 0 Å². The Hall–Kier alpha value is -1.67. The highest BCUT2D eigenvalue weighted by Gasteiger charge is 1.96. The van der Waals surface area contributed by atoms with Gasteiger partial charge in [-0.3, -0.25) is 4.98 Å². The molecule has 1 heterocycles. The second-order valence-corrected chi connectivity index (χ2v) is 3.40. The molecule has 0 aliphatic rings. The van der Waals surface area contributed by atoms with Crippen LogP contribution in [0.25, 0.3) is 17.0 Å². The number of nitrogens with zero attached hydrogens (tertiary/aromatic N) is 1. The predicted octanol–water partition coefficient (Wildman–Crippen LogP) is 2.60. The summed E-state index contributed by atoms with van der Waals surface area (Å²) in [6.45, 7) is 0.689. The Morgan fingerprint density at radius 2 is 2.07 bits per heavy atom. The van der Waals surface area contributed by atoms with Gasteiger partial charge in [0.2, 0.25) is 0 Å². The molecule has 2 heteroatoms. The van der Waals surface area contributed by atoms with E-state index in [4.69, 9.17) is 5.73 Å². The molecular weight excluding hydrogens is 184 g/mol. The molecule has 2 rings (SSSR count). The number of nitrogens with two attached hydrogens (primary N) is 1. The van der Waals surface area contributed by atoms with E-state index in [0.29, 0.717) is 6.54 Å². The number of para-hydroxylation sites is 1. The highest BCUT2D eigenvalue weighted by Crippen LogP contribution is 2.17. The molecule has 0 bridgehead atoms. The molecule has 0 atom stereocenters. The van der Waals surface area contributed by atoms with E-state index in [2.05, 4.69) is 35.3 Å². The maximum Gasteiger partial charge on any atom is 0.0774 e. The van der Waals surface area contributed by atoms with Gasteiger partial charge < -0.3 is 5.73 Å². The van der Waals surface area contributed by atoms with Crippen molar-refractivity contribution in [2.24, 2.45) is 5.73 Å². The van der Waals surface area contributed by atoms with Crippen LogP contribution in [0.5, 0.6) is 0 Å². The monoisotopic (exact) mass is 198 g/mol. The van der Waals surface area contributed by atoms with Gasteiger partial charge in [0, 0.05) is 17.1 Å². The number of benzene rings is 1. The van der Waals surface area contributed by atoms with E-state index in [9.17, 15) is 0 Å². The summed E-state index contributed by atoms with van der Waals surface area (Å²) in [5.41, 5.74) is 7.64. The summed E-state index contributed by atoms with van der Waals surface area (Å²) in [7, 11) is 0. The van der Waals surface area contributed by atoms with Crippen LogP contribution in [0.2, 0.25) is 0 Å². The third kappa shape index (κ3) is 2.22. The molecule has 0 aliphatic carbocycles. The summed E-state index contributed by atoms with van der Waals surface area (Å²) in [6.07, 6.45) is 6.90. The van der Waals surface area contributed by atoms with Crippen molar-refractivity contribution in [3.63, 3.8) is 0 Å². The Bertz CT molecular complexity index is 469. The van der Waals surface area contributed by atoms with Gasteiger partial charge in [0.05, 0.1) is 5.52 Å². The molecule has 0 saturated heterocycles. The van der Waals surface area contributed by atoms with E-state index in [0.717, 1.165) is 17.5 Å². The summed E-state index contributed by atoms with van der Waals surface area (Å²) >= 11 is 0. The van der Waals surface area contributed by atoms with Crippen LogP contribution < -0.4 is 5.73 Å². The first kappa shape index (κ1) is 9.87. The van der Waals surface area contributed by atoms with Crippen molar-refractivity contribution in [3.05, 3.63) is 48.2 Å². The zero-order chi connectivity index (χ0) is 10.5. The molecule has 15 heavy (non-hydrogen) atoms. The van der Waals surface area contributed by atoms with Crippen LogP contribution in [-0.4, -0.2) is 11.5 Å². The van der Waals surface area contributed by atoms with Crippen molar-refractivity contribution in [1.82, 2.24) is 4.98 Å². The molecule has 2 nitrogen and oxygen atoms in total. The van der Waals surface area contributed by atoms with Gasteiger partial charge in [-0.15, -0.1) is 0 Å². The minimum atomic E-state index is 0.689. The van der Waals surface area contributed by atoms with Gasteiger partial charge in [-0.1, -0.05) is 36.4 Å². The number of pyridine rings is 1. The maximum atomic E-state index is 5.44. The standard InChI is InChI=1S/C13H14N2/c14-9-2-1-5-11-6-3-7-12-8-4-10-15-13(11)12/h1,3-8,10H,2,9,14H2/b5-1+. The fourth-order valence-electron chi connectivity index (χ4n) is 1.57. The Morgan fingerprint density at radius 3 is 2.93 bits per heavy atom. The minimum absolute atomic E-state index is 0.689. The number of rotatable bonds is 3. The summed E-state index contributed by atoms with van der Waals surface area (Å²) in [4.78, 5) is 4.38. The number of aromatic nitrogens is 1. The van der Waals surface area contributed by atoms with Gasteiger partial charge in [-0.25, -0.2) is 0 Å². The molecule has 2 N–H and O–H groups in total. The van der Waals surface area contributed by atoms with E-state index >= 15 is 0 Å². The lowest BCUT2D eigenvalue weighted by Crippen LogP contribution is -1.95. The number of fused-ring (bicyclic) bond motifs is 1. The van der Waals surface area contributed by atoms with Gasteiger partial charge in [0.1, 0.15) is 0 Å². The molecule has 0 unspecified atom stereocenters. The Kier molecular flexibility index (Phi) is 3.10. The molecule has 0 fully saturated rings. The first-order chi connectivity index (χ1) is 7.42. The number of hydrogen-bond donors (Lipinski definition) is 1. The second kappa shape index (κ2) is 4.71. The maximum absolute atomic E-state index is 5.44. The summed E-state index contributed by atoms with van der Waals surface area (Å²) in [6, 6.07) is 10.2. The third-order valence-electron chi connectivity index (χ3n) is 2.29. The lowest BCUT2D eigenvalue weighted by atomic mass is 10.1. The predicted molar refractivity (Wildman–Crippen MR) is 64.4 cm³/mol. The Morgan fingerprint density at radius 1 is 1.20 bits per heavy atom. The van der Waals surface area contributed by atoms with E-state index in [1.807, 2.05) is 18.3 Å². The highest BCUT2D eigenvalue weighted by molar-refractivity contribution is 5.86. The fraction of sp³-hybridized carbons (Fsp3) is 0.154. The van der Waals surface area contributed by atoms with Crippen molar-refractivity contribution in [2.45, 2.75) is 6.42 Å². The molecule has 0 spiro atoms. The van der Waals surface area contributed by atoms with E-state index < -0.39 is 0 Å². The lowest BCUT2D eigenvalue weighted by molar-refractivity contribution is 1.01. The van der Waals surface area contributed by atoms with Crippen LogP contribution in [0.15, 0.2) is 42.6 Å². The van der Waals surface area contributed by atoms with Gasteiger partial charge in [-0.05, 0) is 19.0 Å². The zero-order valence-electron chi connectivity index (χ0n) is 8.56. The first-order valence-corrected chi connectivity index (χ1v) is 5.12. The molecule has 1 aromatic carbocycles. The largest absolute Gasteiger partial charge is 0.330 e. The smallest absolute Gasteiger partial charge is 0.0774 e. The zero-order valence-corrected chi connectivity index (χ0v) is 8.56. The van der Waals surface area contributed by atoms with Gasteiger partial charge in [-0.2, -0.15) is 0 Å². The average molecular weight is 198 g/mol. The average Bonchev–Trinajstić information content (AvgIpc) is 2.30. The number of hydrogen-bond acceptors (Lipinski definition) is 2. The molecule has 0 saturated carbocycles. The van der Waals surface area contributed by atoms with Crippen LogP contribution >= 0.6 is 0 Å². The van der Waals surface area contributed by atoms with Crippen molar-refractivity contribution >= 4 is 17.0 Å². The van der Waals surface area contributed by atoms with Crippen LogP contribution in [0.3, 0.4) is 0 Å². The van der Waals surface area contributed by atoms with Crippen LogP contribution in [0.4, 0.5) is 0 Å². The van der Waals surface area contributed by atoms with Crippen molar-refractivity contribution in [2.75, 3.05) is 6.54 Å². The second-order valence-electron chi connectivity index (χ2n) is 3.40. The quantitative estimate of drug-likeness (QED) is 0.823. The molecule has 0 radical (unpaired) electrons. The van der Waals surface area contributed by atoms with Crippen LogP contribution in [0, 0.1) is 0 Å².